The molecule has 1 atom stereocenters. The number of rotatable bonds is 2. The quantitative estimate of drug-likeness (QED) is 0.773. The molecule has 2 rings (SSSR count). The Bertz CT molecular complexity index is 279. The van der Waals surface area contributed by atoms with E-state index in [-0.39, 0.29) is 0 Å². The second-order valence-electron chi connectivity index (χ2n) is 3.53. The van der Waals surface area contributed by atoms with Gasteiger partial charge < -0.3 is 4.74 Å². The summed E-state index contributed by atoms with van der Waals surface area (Å²) in [7, 11) is 0. The Hall–Kier alpha value is -0.340. The second-order valence-corrected chi connectivity index (χ2v) is 4.38. The molecule has 0 radical (unpaired) electrons. The van der Waals surface area contributed by atoms with Gasteiger partial charge in [0.05, 0.1) is 0 Å². The fourth-order valence-electron chi connectivity index (χ4n) is 1.72. The molecule has 0 spiro atoms. The summed E-state index contributed by atoms with van der Waals surface area (Å²) in [4.78, 5) is 0. The van der Waals surface area contributed by atoms with Gasteiger partial charge in [-0.2, -0.15) is 0 Å². The minimum atomic E-state index is 0.721. The zero-order valence-corrected chi connectivity index (χ0v) is 9.09. The fraction of sp³-hybridized carbons (Fsp3) is 0.455. The predicted octanol–water partition coefficient (Wildman–Crippen LogP) is 3.03. The zero-order chi connectivity index (χ0) is 9.10. The van der Waals surface area contributed by atoms with Crippen LogP contribution in [0, 0.1) is 5.92 Å². The normalized spacial score (nSPS) is 22.1. The van der Waals surface area contributed by atoms with Crippen molar-refractivity contribution in [2.24, 2.45) is 5.92 Å². The molecule has 1 saturated heterocycles. The number of ether oxygens (including phenoxy) is 1. The lowest BCUT2D eigenvalue weighted by atomic mass is 9.99. The van der Waals surface area contributed by atoms with Gasteiger partial charge in [-0.15, -0.1) is 0 Å². The third kappa shape index (κ3) is 2.32. The predicted molar refractivity (Wildman–Crippen MR) is 56.8 cm³/mol. The first-order valence-electron chi connectivity index (χ1n) is 4.67. The zero-order valence-electron chi connectivity index (χ0n) is 7.50. The van der Waals surface area contributed by atoms with Crippen molar-refractivity contribution in [3.63, 3.8) is 0 Å². The van der Waals surface area contributed by atoms with E-state index in [1.165, 1.54) is 16.5 Å². The minimum Gasteiger partial charge on any atom is -0.381 e. The van der Waals surface area contributed by atoms with Crippen molar-refractivity contribution in [1.82, 2.24) is 0 Å². The molecule has 1 aromatic rings. The monoisotopic (exact) mass is 240 g/mol. The Morgan fingerprint density at radius 3 is 2.92 bits per heavy atom. The molecule has 1 aromatic carbocycles. The molecule has 0 aliphatic carbocycles. The van der Waals surface area contributed by atoms with Gasteiger partial charge in [0.15, 0.2) is 0 Å². The van der Waals surface area contributed by atoms with Crippen LogP contribution < -0.4 is 0 Å². The maximum Gasteiger partial charge on any atom is 0.0498 e. The molecule has 70 valence electrons. The van der Waals surface area contributed by atoms with Gasteiger partial charge in [-0.25, -0.2) is 0 Å². The van der Waals surface area contributed by atoms with E-state index in [1.807, 2.05) is 0 Å². The average molecular weight is 241 g/mol. The van der Waals surface area contributed by atoms with Crippen molar-refractivity contribution in [3.05, 3.63) is 34.3 Å². The van der Waals surface area contributed by atoms with Gasteiger partial charge in [0.25, 0.3) is 0 Å². The van der Waals surface area contributed by atoms with Gasteiger partial charge in [0.2, 0.25) is 0 Å². The summed E-state index contributed by atoms with van der Waals surface area (Å²) >= 11 is 3.56. The van der Waals surface area contributed by atoms with Crippen molar-refractivity contribution in [1.29, 1.82) is 0 Å². The van der Waals surface area contributed by atoms with Crippen LogP contribution in [0.15, 0.2) is 28.7 Å². The molecule has 0 saturated carbocycles. The summed E-state index contributed by atoms with van der Waals surface area (Å²) < 4.78 is 6.58. The Balaban J connectivity index is 2.04. The molecule has 1 fully saturated rings. The van der Waals surface area contributed by atoms with E-state index in [4.69, 9.17) is 4.74 Å². The van der Waals surface area contributed by atoms with Crippen molar-refractivity contribution in [3.8, 4) is 0 Å². The molecular formula is C11H13BrO. The number of hydrogen-bond acceptors (Lipinski definition) is 1. The van der Waals surface area contributed by atoms with Gasteiger partial charge in [-0.3, -0.25) is 0 Å². The third-order valence-electron chi connectivity index (χ3n) is 2.49. The van der Waals surface area contributed by atoms with Gasteiger partial charge in [-0.05, 0) is 30.4 Å². The van der Waals surface area contributed by atoms with Gasteiger partial charge in [0, 0.05) is 17.7 Å². The fourth-order valence-corrected chi connectivity index (χ4v) is 2.17. The van der Waals surface area contributed by atoms with E-state index in [9.17, 15) is 0 Å². The largest absolute Gasteiger partial charge is 0.381 e. The first-order valence-corrected chi connectivity index (χ1v) is 5.46. The van der Waals surface area contributed by atoms with E-state index >= 15 is 0 Å². The third-order valence-corrected chi connectivity index (χ3v) is 3.26. The van der Waals surface area contributed by atoms with Crippen LogP contribution in [-0.2, 0) is 11.2 Å². The lowest BCUT2D eigenvalue weighted by Crippen LogP contribution is -2.03. The number of benzene rings is 1. The van der Waals surface area contributed by atoms with E-state index in [0.717, 1.165) is 25.6 Å². The number of hydrogen-bond donors (Lipinski definition) is 0. The highest BCUT2D eigenvalue weighted by atomic mass is 79.9. The molecular weight excluding hydrogens is 228 g/mol. The van der Waals surface area contributed by atoms with Gasteiger partial charge >= 0.3 is 0 Å². The summed E-state index contributed by atoms with van der Waals surface area (Å²) in [5.74, 6) is 0.721. The van der Waals surface area contributed by atoms with Gasteiger partial charge in [-0.1, -0.05) is 34.1 Å². The van der Waals surface area contributed by atoms with Crippen molar-refractivity contribution < 1.29 is 4.74 Å². The number of halogens is 1. The highest BCUT2D eigenvalue weighted by Gasteiger charge is 2.16. The molecule has 1 nitrogen and oxygen atoms in total. The highest BCUT2D eigenvalue weighted by Crippen LogP contribution is 2.23. The minimum absolute atomic E-state index is 0.721. The topological polar surface area (TPSA) is 9.23 Å². The van der Waals surface area contributed by atoms with E-state index in [1.54, 1.807) is 0 Å². The molecule has 1 heterocycles. The van der Waals surface area contributed by atoms with Crippen LogP contribution in [0.5, 0.6) is 0 Å². The van der Waals surface area contributed by atoms with Crippen LogP contribution in [-0.4, -0.2) is 13.2 Å². The van der Waals surface area contributed by atoms with E-state index in [2.05, 4.69) is 40.2 Å². The van der Waals surface area contributed by atoms with Crippen LogP contribution in [0.4, 0.5) is 0 Å². The molecule has 1 unspecified atom stereocenters. The van der Waals surface area contributed by atoms with Crippen LogP contribution in [0.3, 0.4) is 0 Å². The van der Waals surface area contributed by atoms with Crippen molar-refractivity contribution >= 4 is 15.9 Å². The van der Waals surface area contributed by atoms with Crippen LogP contribution in [0.1, 0.15) is 12.0 Å². The molecule has 1 aliphatic rings. The van der Waals surface area contributed by atoms with Crippen LogP contribution >= 0.6 is 15.9 Å². The lowest BCUT2D eigenvalue weighted by Gasteiger charge is -2.08. The smallest absolute Gasteiger partial charge is 0.0498 e. The Labute approximate surface area is 87.2 Å². The summed E-state index contributed by atoms with van der Waals surface area (Å²) in [6, 6.07) is 8.43. The summed E-state index contributed by atoms with van der Waals surface area (Å²) in [6.45, 7) is 1.87. The highest BCUT2D eigenvalue weighted by molar-refractivity contribution is 9.10. The standard InChI is InChI=1S/C11H13BrO/c12-11-4-2-1-3-10(11)7-9-5-6-13-8-9/h1-4,9H,5-8H2. The van der Waals surface area contributed by atoms with Crippen LogP contribution in [0.2, 0.25) is 0 Å². The van der Waals surface area contributed by atoms with Crippen molar-refractivity contribution in [2.75, 3.05) is 13.2 Å². The van der Waals surface area contributed by atoms with Crippen LogP contribution in [0.25, 0.3) is 0 Å². The summed E-state index contributed by atoms with van der Waals surface area (Å²) in [6.07, 6.45) is 2.35. The molecule has 0 N–H and O–H groups in total. The maximum absolute atomic E-state index is 5.35. The Morgan fingerprint density at radius 1 is 1.38 bits per heavy atom. The average Bonchev–Trinajstić information content (AvgIpc) is 2.61. The summed E-state index contributed by atoms with van der Waals surface area (Å²) in [5.41, 5.74) is 1.40. The van der Waals surface area contributed by atoms with E-state index in [0.29, 0.717) is 0 Å². The first kappa shape index (κ1) is 9.22. The molecule has 2 heteroatoms. The van der Waals surface area contributed by atoms with E-state index < -0.39 is 0 Å². The Morgan fingerprint density at radius 2 is 2.23 bits per heavy atom. The molecule has 0 aromatic heterocycles. The molecule has 0 bridgehead atoms. The maximum atomic E-state index is 5.35. The second kappa shape index (κ2) is 4.25. The molecule has 13 heavy (non-hydrogen) atoms. The first-order chi connectivity index (χ1) is 6.36. The van der Waals surface area contributed by atoms with Crippen molar-refractivity contribution in [2.45, 2.75) is 12.8 Å². The molecule has 0 amide bonds. The SMILES string of the molecule is Brc1ccccc1CC1CCOC1. The lowest BCUT2D eigenvalue weighted by molar-refractivity contribution is 0.186. The molecule has 1 aliphatic heterocycles. The summed E-state index contributed by atoms with van der Waals surface area (Å²) in [5, 5.41) is 0. The van der Waals surface area contributed by atoms with Gasteiger partial charge in [0.1, 0.15) is 0 Å². The Kier molecular flexibility index (Phi) is 3.01.